The van der Waals surface area contributed by atoms with Crippen LogP contribution in [0.5, 0.6) is 0 Å². The minimum atomic E-state index is 0.489. The van der Waals surface area contributed by atoms with E-state index in [0.29, 0.717) is 19.0 Å². The van der Waals surface area contributed by atoms with E-state index in [1.807, 2.05) is 48.3 Å². The number of pyridine rings is 2. The topological polar surface area (TPSA) is 75.0 Å². The molecule has 1 aliphatic rings. The van der Waals surface area contributed by atoms with Crippen LogP contribution in [0, 0.1) is 6.92 Å². The number of aromatic amines is 1. The second-order valence-corrected chi connectivity index (χ2v) is 9.99. The third-order valence-electron chi connectivity index (χ3n) is 7.27. The molecule has 184 valence electrons. The second kappa shape index (κ2) is 10.3. The summed E-state index contributed by atoms with van der Waals surface area (Å²) < 4.78 is 1.76. The van der Waals surface area contributed by atoms with E-state index < -0.39 is 0 Å². The van der Waals surface area contributed by atoms with Crippen LogP contribution in [0.2, 0.25) is 0 Å². The van der Waals surface area contributed by atoms with Gasteiger partial charge in [0.15, 0.2) is 13.6 Å². The Labute approximate surface area is 218 Å². The fourth-order valence-corrected chi connectivity index (χ4v) is 5.49. The van der Waals surface area contributed by atoms with Crippen LogP contribution in [0.1, 0.15) is 60.7 Å². The highest BCUT2D eigenvalue weighted by atomic mass is 15.3. The quantitative estimate of drug-likeness (QED) is 0.302. The molecule has 2 radical (unpaired) electrons. The minimum Gasteiger partial charge on any atom is -0.344 e. The Morgan fingerprint density at radius 2 is 1.84 bits per heavy atom. The van der Waals surface area contributed by atoms with Gasteiger partial charge in [0.05, 0.1) is 17.1 Å². The molecule has 0 saturated heterocycles. The van der Waals surface area contributed by atoms with Gasteiger partial charge < -0.3 is 9.79 Å². The van der Waals surface area contributed by atoms with Crippen LogP contribution in [-0.2, 0) is 13.1 Å². The van der Waals surface area contributed by atoms with Crippen molar-refractivity contribution in [1.82, 2.24) is 34.4 Å². The van der Waals surface area contributed by atoms with Crippen molar-refractivity contribution in [2.75, 3.05) is 0 Å². The Hall–Kier alpha value is -3.78. The number of imidazole rings is 1. The summed E-state index contributed by atoms with van der Waals surface area (Å²) in [5.74, 6) is 1.43. The van der Waals surface area contributed by atoms with E-state index >= 15 is 0 Å². The van der Waals surface area contributed by atoms with E-state index in [2.05, 4.69) is 39.3 Å². The van der Waals surface area contributed by atoms with Crippen molar-refractivity contribution in [2.45, 2.75) is 58.0 Å². The van der Waals surface area contributed by atoms with E-state index in [-0.39, 0.29) is 0 Å². The number of hydrogen-bond acceptors (Lipinski definition) is 5. The molecule has 1 aromatic carbocycles. The zero-order valence-electron chi connectivity index (χ0n) is 21.1. The molecular formula is C29H30BN7. The summed E-state index contributed by atoms with van der Waals surface area (Å²) in [6.45, 7) is 3.16. The molecule has 0 bridgehead atoms. The maximum absolute atomic E-state index is 6.59. The summed E-state index contributed by atoms with van der Waals surface area (Å²) in [5, 5.41) is 4.29. The third-order valence-corrected chi connectivity index (χ3v) is 7.27. The summed E-state index contributed by atoms with van der Waals surface area (Å²) in [4.78, 5) is 19.4. The SMILES string of the molecule is [B]N(Cc1nc(-c2ccc3ncnn3c2)c(-c2cccc(C)n2)[nH]1)Cc1ccccc1C1CCCCC1. The summed E-state index contributed by atoms with van der Waals surface area (Å²) in [6.07, 6.45) is 10.0. The number of benzene rings is 1. The molecule has 0 amide bonds. The number of nitrogens with one attached hydrogen (secondary N) is 1. The Balaban J connectivity index is 1.30. The van der Waals surface area contributed by atoms with Crippen LogP contribution >= 0.6 is 0 Å². The summed E-state index contributed by atoms with van der Waals surface area (Å²) in [6, 6.07) is 18.7. The van der Waals surface area contributed by atoms with Gasteiger partial charge in [-0.1, -0.05) is 49.6 Å². The fraction of sp³-hybridized carbons (Fsp3) is 0.310. The predicted octanol–water partition coefficient (Wildman–Crippen LogP) is 5.62. The first-order valence-corrected chi connectivity index (χ1v) is 13.0. The Morgan fingerprint density at radius 1 is 0.973 bits per heavy atom. The highest BCUT2D eigenvalue weighted by Crippen LogP contribution is 2.35. The lowest BCUT2D eigenvalue weighted by Gasteiger charge is -2.26. The number of fused-ring (bicyclic) bond motifs is 1. The van der Waals surface area contributed by atoms with Crippen LogP contribution < -0.4 is 0 Å². The first kappa shape index (κ1) is 23.6. The smallest absolute Gasteiger partial charge is 0.183 e. The zero-order valence-corrected chi connectivity index (χ0v) is 21.1. The lowest BCUT2D eigenvalue weighted by Crippen LogP contribution is -2.21. The van der Waals surface area contributed by atoms with Crippen LogP contribution in [0.25, 0.3) is 28.3 Å². The molecule has 0 spiro atoms. The van der Waals surface area contributed by atoms with Gasteiger partial charge in [-0.2, -0.15) is 5.10 Å². The lowest BCUT2D eigenvalue weighted by molar-refractivity contribution is 0.414. The highest BCUT2D eigenvalue weighted by Gasteiger charge is 2.20. The van der Waals surface area contributed by atoms with Gasteiger partial charge in [-0.15, -0.1) is 0 Å². The molecule has 5 aromatic rings. The standard InChI is InChI=1S/C29H30BN7/c1-20-8-7-13-25(33-20)29-28(23-14-15-27-31-19-32-37(27)17-23)34-26(35-29)18-36(30)16-22-11-5-6-12-24(22)21-9-3-2-4-10-21/h5-8,11-15,17,19,21H,2-4,9-10,16,18H2,1H3,(H,34,35). The number of hydrogen-bond donors (Lipinski definition) is 1. The van der Waals surface area contributed by atoms with E-state index in [1.165, 1.54) is 43.2 Å². The Kier molecular flexibility index (Phi) is 6.57. The third kappa shape index (κ3) is 5.07. The van der Waals surface area contributed by atoms with Gasteiger partial charge >= 0.3 is 0 Å². The fourth-order valence-electron chi connectivity index (χ4n) is 5.49. The van der Waals surface area contributed by atoms with Gasteiger partial charge in [0, 0.05) is 30.5 Å². The van der Waals surface area contributed by atoms with E-state index in [1.54, 1.807) is 10.8 Å². The molecule has 0 unspecified atom stereocenters. The summed E-state index contributed by atoms with van der Waals surface area (Å²) in [7, 11) is 6.59. The van der Waals surface area contributed by atoms with Crippen LogP contribution in [0.3, 0.4) is 0 Å². The van der Waals surface area contributed by atoms with Gasteiger partial charge in [0.2, 0.25) is 0 Å². The van der Waals surface area contributed by atoms with Crippen molar-refractivity contribution >= 4 is 13.6 Å². The van der Waals surface area contributed by atoms with Crippen LogP contribution in [-0.4, -0.2) is 42.3 Å². The van der Waals surface area contributed by atoms with Crippen molar-refractivity contribution in [3.8, 4) is 22.6 Å². The number of aromatic nitrogens is 6. The second-order valence-electron chi connectivity index (χ2n) is 9.99. The van der Waals surface area contributed by atoms with Gasteiger partial charge in [-0.25, -0.2) is 14.5 Å². The number of aryl methyl sites for hydroxylation is 1. The largest absolute Gasteiger partial charge is 0.344 e. The molecular weight excluding hydrogens is 457 g/mol. The van der Waals surface area contributed by atoms with E-state index in [9.17, 15) is 0 Å². The van der Waals surface area contributed by atoms with Crippen molar-refractivity contribution < 1.29 is 0 Å². The lowest BCUT2D eigenvalue weighted by atomic mass is 9.82. The van der Waals surface area contributed by atoms with Crippen LogP contribution in [0.15, 0.2) is 67.1 Å². The summed E-state index contributed by atoms with van der Waals surface area (Å²) in [5.41, 5.74) is 7.97. The van der Waals surface area contributed by atoms with Gasteiger partial charge in [-0.3, -0.25) is 4.98 Å². The van der Waals surface area contributed by atoms with E-state index in [4.69, 9.17) is 17.9 Å². The molecule has 6 rings (SSSR count). The maximum atomic E-state index is 6.59. The molecule has 1 fully saturated rings. The monoisotopic (exact) mass is 487 g/mol. The minimum absolute atomic E-state index is 0.489. The van der Waals surface area contributed by atoms with Crippen molar-refractivity contribution in [3.05, 3.63) is 89.8 Å². The normalized spacial score (nSPS) is 14.5. The maximum Gasteiger partial charge on any atom is 0.183 e. The van der Waals surface area contributed by atoms with Gasteiger partial charge in [-0.05, 0) is 61.1 Å². The van der Waals surface area contributed by atoms with Crippen molar-refractivity contribution in [1.29, 1.82) is 0 Å². The van der Waals surface area contributed by atoms with Crippen LogP contribution in [0.4, 0.5) is 0 Å². The summed E-state index contributed by atoms with van der Waals surface area (Å²) >= 11 is 0. The Morgan fingerprint density at radius 3 is 2.70 bits per heavy atom. The average Bonchev–Trinajstić information content (AvgIpc) is 3.56. The Bertz CT molecular complexity index is 1520. The molecule has 0 atom stereocenters. The number of H-pyrrole nitrogens is 1. The van der Waals surface area contributed by atoms with Crippen molar-refractivity contribution in [2.24, 2.45) is 0 Å². The molecule has 4 aromatic heterocycles. The molecule has 8 heteroatoms. The molecule has 1 saturated carbocycles. The predicted molar refractivity (Wildman–Crippen MR) is 146 cm³/mol. The van der Waals surface area contributed by atoms with Crippen molar-refractivity contribution in [3.63, 3.8) is 0 Å². The molecule has 1 aliphatic carbocycles. The molecule has 37 heavy (non-hydrogen) atoms. The van der Waals surface area contributed by atoms with E-state index in [0.717, 1.165) is 39.8 Å². The molecule has 7 nitrogen and oxygen atoms in total. The molecule has 0 aliphatic heterocycles. The first-order valence-electron chi connectivity index (χ1n) is 13.0. The average molecular weight is 487 g/mol. The van der Waals surface area contributed by atoms with Gasteiger partial charge in [0.25, 0.3) is 0 Å². The van der Waals surface area contributed by atoms with Gasteiger partial charge in [0.1, 0.15) is 12.2 Å². The molecule has 4 heterocycles. The first-order chi connectivity index (χ1) is 18.1. The molecule has 1 N–H and O–H groups in total. The zero-order chi connectivity index (χ0) is 25.2. The number of rotatable bonds is 7. The number of nitrogens with zero attached hydrogens (tertiary/aromatic N) is 6. The highest BCUT2D eigenvalue weighted by molar-refractivity contribution is 6.04.